The molecule has 0 saturated carbocycles. The van der Waals surface area contributed by atoms with E-state index in [2.05, 4.69) is 0 Å². The molecule has 37 heavy (non-hydrogen) atoms. The van der Waals surface area contributed by atoms with Crippen molar-refractivity contribution in [2.24, 2.45) is 11.3 Å². The first-order valence-corrected chi connectivity index (χ1v) is 13.0. The number of likely N-dealkylation sites (tertiary alicyclic amines) is 1. The Morgan fingerprint density at radius 1 is 1.19 bits per heavy atom. The first kappa shape index (κ1) is 27.4. The molecule has 4 rings (SSSR count). The zero-order valence-corrected chi connectivity index (χ0v) is 21.5. The lowest BCUT2D eigenvalue weighted by Crippen LogP contribution is -2.74. The molecule has 0 aliphatic carbocycles. The number of amides is 1. The molecule has 0 spiro atoms. The fraction of sp³-hybridized carbons (Fsp3) is 0.692. The van der Waals surface area contributed by atoms with E-state index in [9.17, 15) is 19.7 Å². The molecule has 3 aliphatic rings. The number of rotatable bonds is 11. The zero-order valence-electron chi connectivity index (χ0n) is 21.5. The predicted molar refractivity (Wildman–Crippen MR) is 130 cm³/mol. The van der Waals surface area contributed by atoms with E-state index in [1.807, 2.05) is 6.92 Å². The van der Waals surface area contributed by atoms with E-state index < -0.39 is 16.3 Å². The third-order valence-electron chi connectivity index (χ3n) is 7.40. The van der Waals surface area contributed by atoms with Crippen LogP contribution in [0.15, 0.2) is 24.3 Å². The van der Waals surface area contributed by atoms with E-state index >= 15 is 0 Å². The highest BCUT2D eigenvalue weighted by atomic mass is 17.2. The van der Waals surface area contributed by atoms with Crippen LogP contribution in [0.5, 0.6) is 0 Å². The van der Waals surface area contributed by atoms with Crippen LogP contribution in [0.25, 0.3) is 0 Å². The van der Waals surface area contributed by atoms with Gasteiger partial charge in [0.1, 0.15) is 12.8 Å². The van der Waals surface area contributed by atoms with Crippen molar-refractivity contribution >= 4 is 17.6 Å². The van der Waals surface area contributed by atoms with Gasteiger partial charge in [-0.3, -0.25) is 19.8 Å². The van der Waals surface area contributed by atoms with Crippen LogP contribution in [0.1, 0.15) is 57.9 Å². The molecule has 5 atom stereocenters. The second-order valence-electron chi connectivity index (χ2n) is 10.3. The van der Waals surface area contributed by atoms with Gasteiger partial charge in [0, 0.05) is 30.8 Å². The van der Waals surface area contributed by atoms with Crippen LogP contribution < -0.4 is 0 Å². The molecular weight excluding hydrogens is 484 g/mol. The van der Waals surface area contributed by atoms with Crippen LogP contribution >= 0.6 is 0 Å². The number of ether oxygens (including phenoxy) is 3. The molecule has 0 bridgehead atoms. The molecular formula is C26H36N2O9. The Morgan fingerprint density at radius 2 is 1.92 bits per heavy atom. The minimum atomic E-state index is -0.948. The van der Waals surface area contributed by atoms with Gasteiger partial charge in [-0.05, 0) is 45.4 Å². The molecule has 3 fully saturated rings. The molecule has 3 saturated heterocycles. The van der Waals surface area contributed by atoms with Crippen LogP contribution in [-0.2, 0) is 40.0 Å². The maximum Gasteiger partial charge on any atom is 0.346 e. The second-order valence-corrected chi connectivity index (χ2v) is 10.3. The lowest BCUT2D eigenvalue weighted by molar-refractivity contribution is -0.385. The van der Waals surface area contributed by atoms with Crippen molar-refractivity contribution < 1.29 is 38.5 Å². The number of β-lactam (4-membered cyclic amide) rings is 1. The highest BCUT2D eigenvalue weighted by Gasteiger charge is 2.62. The number of hydrogen-bond donors (Lipinski definition) is 0. The fourth-order valence-electron chi connectivity index (χ4n) is 5.52. The second kappa shape index (κ2) is 12.3. The topological polar surface area (TPSA) is 127 Å². The summed E-state index contributed by atoms with van der Waals surface area (Å²) in [5.74, 6) is -0.954. The first-order valence-electron chi connectivity index (χ1n) is 13.0. The summed E-state index contributed by atoms with van der Waals surface area (Å²) in [4.78, 5) is 48.4. The van der Waals surface area contributed by atoms with Crippen LogP contribution in [0.3, 0.4) is 0 Å². The standard InChI is InChI=1S/C26H36N2O9/c1-18(16-35-23-12-6-8-14-34-23)24-26(2,25(30)27(24)21-11-5-7-13-33-21)17-36-37-22(29)15-19-9-3-4-10-20(19)28(31)32/h3-4,9-10,18,21,23-24H,5-8,11-17H2,1-2H3. The van der Waals surface area contributed by atoms with E-state index in [0.717, 1.165) is 38.5 Å². The summed E-state index contributed by atoms with van der Waals surface area (Å²) < 4.78 is 17.6. The van der Waals surface area contributed by atoms with E-state index in [1.165, 1.54) is 18.2 Å². The summed E-state index contributed by atoms with van der Waals surface area (Å²) in [6.07, 6.45) is 4.81. The average molecular weight is 521 g/mol. The van der Waals surface area contributed by atoms with Crippen molar-refractivity contribution in [2.45, 2.75) is 77.4 Å². The Hall–Kier alpha value is -2.60. The minimum Gasteiger partial charge on any atom is -0.358 e. The van der Waals surface area contributed by atoms with Gasteiger partial charge < -0.3 is 19.1 Å². The predicted octanol–water partition coefficient (Wildman–Crippen LogP) is 3.54. The normalized spacial score (nSPS) is 28.9. The maximum atomic E-state index is 13.4. The minimum absolute atomic E-state index is 0.0509. The summed E-state index contributed by atoms with van der Waals surface area (Å²) in [6, 6.07) is 5.71. The number of carbonyl (C=O) groups is 2. The molecule has 5 unspecified atom stereocenters. The molecule has 0 N–H and O–H groups in total. The van der Waals surface area contributed by atoms with Gasteiger partial charge in [0.15, 0.2) is 6.29 Å². The molecule has 0 aromatic heterocycles. The van der Waals surface area contributed by atoms with Gasteiger partial charge in [0.25, 0.3) is 5.69 Å². The highest BCUT2D eigenvalue weighted by Crippen LogP contribution is 2.46. The number of nitrogens with zero attached hydrogens (tertiary/aromatic N) is 2. The molecule has 204 valence electrons. The van der Waals surface area contributed by atoms with Crippen molar-refractivity contribution in [3.05, 3.63) is 39.9 Å². The number of hydrogen-bond acceptors (Lipinski definition) is 9. The summed E-state index contributed by atoms with van der Waals surface area (Å²) in [7, 11) is 0. The summed E-state index contributed by atoms with van der Waals surface area (Å²) in [6.45, 7) is 5.37. The van der Waals surface area contributed by atoms with Crippen molar-refractivity contribution in [3.8, 4) is 0 Å². The Kier molecular flexibility index (Phi) is 9.12. The van der Waals surface area contributed by atoms with Crippen molar-refractivity contribution in [1.29, 1.82) is 0 Å². The van der Waals surface area contributed by atoms with Crippen LogP contribution in [-0.4, -0.2) is 66.7 Å². The van der Waals surface area contributed by atoms with Crippen LogP contribution in [0.2, 0.25) is 0 Å². The number of benzene rings is 1. The van der Waals surface area contributed by atoms with E-state index in [4.69, 9.17) is 24.0 Å². The van der Waals surface area contributed by atoms with Gasteiger partial charge in [-0.25, -0.2) is 4.79 Å². The molecule has 3 heterocycles. The van der Waals surface area contributed by atoms with Crippen LogP contribution in [0, 0.1) is 21.4 Å². The third kappa shape index (κ3) is 6.28. The van der Waals surface area contributed by atoms with Gasteiger partial charge in [0.05, 0.1) is 29.4 Å². The molecule has 11 nitrogen and oxygen atoms in total. The quantitative estimate of drug-likeness (QED) is 0.186. The van der Waals surface area contributed by atoms with Crippen LogP contribution in [0.4, 0.5) is 5.69 Å². The van der Waals surface area contributed by atoms with Crippen molar-refractivity contribution in [1.82, 2.24) is 4.90 Å². The van der Waals surface area contributed by atoms with E-state index in [-0.39, 0.29) is 54.7 Å². The molecule has 1 aromatic carbocycles. The lowest BCUT2D eigenvalue weighted by Gasteiger charge is -2.59. The number of nitro groups is 1. The van der Waals surface area contributed by atoms with E-state index in [1.54, 1.807) is 17.9 Å². The van der Waals surface area contributed by atoms with Gasteiger partial charge in [-0.1, -0.05) is 25.1 Å². The smallest absolute Gasteiger partial charge is 0.346 e. The molecule has 0 radical (unpaired) electrons. The number of carbonyl (C=O) groups excluding carboxylic acids is 2. The largest absolute Gasteiger partial charge is 0.358 e. The van der Waals surface area contributed by atoms with Gasteiger partial charge in [-0.2, -0.15) is 4.89 Å². The summed E-state index contributed by atoms with van der Waals surface area (Å²) >= 11 is 0. The third-order valence-corrected chi connectivity index (χ3v) is 7.40. The monoisotopic (exact) mass is 520 g/mol. The Bertz CT molecular complexity index is 961. The van der Waals surface area contributed by atoms with E-state index in [0.29, 0.717) is 19.8 Å². The maximum absolute atomic E-state index is 13.4. The average Bonchev–Trinajstić information content (AvgIpc) is 2.91. The molecule has 11 heteroatoms. The molecule has 3 aliphatic heterocycles. The molecule has 1 amide bonds. The summed E-state index contributed by atoms with van der Waals surface area (Å²) in [5.41, 5.74) is -0.892. The fourth-order valence-corrected chi connectivity index (χ4v) is 5.52. The van der Waals surface area contributed by atoms with Crippen molar-refractivity contribution in [2.75, 3.05) is 26.4 Å². The summed E-state index contributed by atoms with van der Waals surface area (Å²) in [5, 5.41) is 11.2. The van der Waals surface area contributed by atoms with Gasteiger partial charge >= 0.3 is 5.97 Å². The number of nitro benzene ring substituents is 1. The Morgan fingerprint density at radius 3 is 2.59 bits per heavy atom. The van der Waals surface area contributed by atoms with Gasteiger partial charge in [0.2, 0.25) is 5.91 Å². The van der Waals surface area contributed by atoms with Crippen molar-refractivity contribution in [3.63, 3.8) is 0 Å². The van der Waals surface area contributed by atoms with Gasteiger partial charge in [-0.15, -0.1) is 0 Å². The molecule has 1 aromatic rings. The Labute approximate surface area is 216 Å². The Balaban J connectivity index is 1.37. The number of para-hydroxylation sites is 1. The highest BCUT2D eigenvalue weighted by molar-refractivity contribution is 5.90. The lowest BCUT2D eigenvalue weighted by atomic mass is 9.67. The zero-order chi connectivity index (χ0) is 26.4. The SMILES string of the molecule is CC(COC1CCCCO1)C1N(C2CCCCO2)C(=O)C1(C)COOC(=O)Cc1ccccc1[N+](=O)[O-]. The first-order chi connectivity index (χ1) is 17.8.